The van der Waals surface area contributed by atoms with Gasteiger partial charge < -0.3 is 23.8 Å². The summed E-state index contributed by atoms with van der Waals surface area (Å²) in [7, 11) is 5.50. The molecule has 0 fully saturated rings. The van der Waals surface area contributed by atoms with E-state index in [2.05, 4.69) is 38.2 Å². The molecule has 0 saturated heterocycles. The van der Waals surface area contributed by atoms with E-state index in [4.69, 9.17) is 14.2 Å². The fourth-order valence-electron chi connectivity index (χ4n) is 5.41. The minimum atomic E-state index is -0.883. The number of carboxylic acid groups (broad SMARTS) is 1. The van der Waals surface area contributed by atoms with Gasteiger partial charge in [-0.05, 0) is 32.1 Å². The van der Waals surface area contributed by atoms with Crippen LogP contribution >= 0.6 is 0 Å². The first-order valence-corrected chi connectivity index (χ1v) is 19.9. The SMILES string of the molecule is CCC/C=C/C=C/C=C/C=C/C=C/CCCCCCCC(=O)OC(COCCC(C(=O)O)[N+](C)(C)C)COC(=O)CCCCCCCCCCC. The minimum Gasteiger partial charge on any atom is -0.477 e. The van der Waals surface area contributed by atoms with E-state index in [0.717, 1.165) is 64.2 Å². The zero-order chi connectivity index (χ0) is 37.8. The number of hydrogen-bond acceptors (Lipinski definition) is 6. The first-order chi connectivity index (χ1) is 24.6. The lowest BCUT2D eigenvalue weighted by Gasteiger charge is -2.31. The highest BCUT2D eigenvalue weighted by atomic mass is 16.6. The predicted molar refractivity (Wildman–Crippen MR) is 211 cm³/mol. The summed E-state index contributed by atoms with van der Waals surface area (Å²) in [6.07, 6.45) is 39.7. The number of ether oxygens (including phenoxy) is 3. The van der Waals surface area contributed by atoms with Gasteiger partial charge in [0, 0.05) is 19.3 Å². The second-order valence-electron chi connectivity index (χ2n) is 14.3. The van der Waals surface area contributed by atoms with Crippen LogP contribution in [0.4, 0.5) is 0 Å². The Labute approximate surface area is 311 Å². The first kappa shape index (κ1) is 48.0. The van der Waals surface area contributed by atoms with Crippen LogP contribution in [0, 0.1) is 0 Å². The Kier molecular flexibility index (Phi) is 32.1. The Hall–Kier alpha value is -2.97. The average molecular weight is 717 g/mol. The maximum Gasteiger partial charge on any atom is 0.362 e. The minimum absolute atomic E-state index is 0.0489. The largest absolute Gasteiger partial charge is 0.477 e. The lowest BCUT2D eigenvalue weighted by Crippen LogP contribution is -2.50. The molecule has 0 aromatic carbocycles. The number of allylic oxidation sites excluding steroid dienone is 10. The summed E-state index contributed by atoms with van der Waals surface area (Å²) in [5.74, 6) is -1.51. The molecular formula is C43H74NO7+. The fourth-order valence-corrected chi connectivity index (χ4v) is 5.41. The molecule has 1 N–H and O–H groups in total. The van der Waals surface area contributed by atoms with Gasteiger partial charge in [-0.2, -0.15) is 0 Å². The van der Waals surface area contributed by atoms with Crippen LogP contribution in [-0.4, -0.2) is 80.6 Å². The van der Waals surface area contributed by atoms with E-state index in [1.807, 2.05) is 57.6 Å². The second-order valence-corrected chi connectivity index (χ2v) is 14.3. The van der Waals surface area contributed by atoms with Crippen molar-refractivity contribution in [1.29, 1.82) is 0 Å². The molecule has 0 aliphatic heterocycles. The third-order valence-corrected chi connectivity index (χ3v) is 8.53. The summed E-state index contributed by atoms with van der Waals surface area (Å²) >= 11 is 0. The molecular weight excluding hydrogens is 642 g/mol. The number of likely N-dealkylation sites (N-methyl/N-ethyl adjacent to an activating group) is 1. The van der Waals surface area contributed by atoms with Gasteiger partial charge in [-0.1, -0.05) is 152 Å². The normalized spacial score (nSPS) is 13.7. The molecule has 2 atom stereocenters. The Morgan fingerprint density at radius 1 is 0.588 bits per heavy atom. The van der Waals surface area contributed by atoms with Crippen LogP contribution in [0.25, 0.3) is 0 Å². The first-order valence-electron chi connectivity index (χ1n) is 19.9. The molecule has 0 aliphatic rings. The predicted octanol–water partition coefficient (Wildman–Crippen LogP) is 10.2. The Bertz CT molecular complexity index is 1020. The molecule has 51 heavy (non-hydrogen) atoms. The lowest BCUT2D eigenvalue weighted by atomic mass is 10.1. The van der Waals surface area contributed by atoms with Crippen molar-refractivity contribution >= 4 is 17.9 Å². The van der Waals surface area contributed by atoms with Crippen molar-refractivity contribution in [2.24, 2.45) is 0 Å². The molecule has 0 radical (unpaired) electrons. The molecule has 0 amide bonds. The zero-order valence-corrected chi connectivity index (χ0v) is 33.0. The Morgan fingerprint density at radius 2 is 1.08 bits per heavy atom. The molecule has 8 nitrogen and oxygen atoms in total. The number of esters is 2. The zero-order valence-electron chi connectivity index (χ0n) is 33.0. The van der Waals surface area contributed by atoms with E-state index >= 15 is 0 Å². The molecule has 0 spiro atoms. The quantitative estimate of drug-likeness (QED) is 0.0306. The molecule has 0 aromatic heterocycles. The number of hydrogen-bond donors (Lipinski definition) is 1. The number of rotatable bonds is 34. The van der Waals surface area contributed by atoms with Crippen LogP contribution in [0.5, 0.6) is 0 Å². The van der Waals surface area contributed by atoms with Crippen molar-refractivity contribution in [2.45, 2.75) is 154 Å². The van der Waals surface area contributed by atoms with Gasteiger partial charge in [-0.25, -0.2) is 4.79 Å². The van der Waals surface area contributed by atoms with Crippen molar-refractivity contribution in [3.05, 3.63) is 60.8 Å². The number of carbonyl (C=O) groups excluding carboxylic acids is 2. The van der Waals surface area contributed by atoms with E-state index in [-0.39, 0.29) is 36.2 Å². The van der Waals surface area contributed by atoms with Crippen LogP contribution < -0.4 is 0 Å². The number of aliphatic carboxylic acids is 1. The maximum atomic E-state index is 12.7. The van der Waals surface area contributed by atoms with Crippen LogP contribution in [0.2, 0.25) is 0 Å². The number of nitrogens with zero attached hydrogens (tertiary/aromatic N) is 1. The van der Waals surface area contributed by atoms with Gasteiger partial charge in [0.15, 0.2) is 12.1 Å². The van der Waals surface area contributed by atoms with Gasteiger partial charge in [-0.15, -0.1) is 0 Å². The van der Waals surface area contributed by atoms with Crippen molar-refractivity contribution in [3.8, 4) is 0 Å². The van der Waals surface area contributed by atoms with Crippen molar-refractivity contribution in [3.63, 3.8) is 0 Å². The Balaban J connectivity index is 4.45. The summed E-state index contributed by atoms with van der Waals surface area (Å²) in [5.41, 5.74) is 0. The van der Waals surface area contributed by atoms with E-state index in [9.17, 15) is 19.5 Å². The van der Waals surface area contributed by atoms with Crippen LogP contribution in [0.3, 0.4) is 0 Å². The number of carboxylic acids is 1. The number of carbonyl (C=O) groups is 3. The topological polar surface area (TPSA) is 99.1 Å². The van der Waals surface area contributed by atoms with Gasteiger partial charge in [0.1, 0.15) is 6.61 Å². The summed E-state index contributed by atoms with van der Waals surface area (Å²) in [6, 6.07) is -0.619. The summed E-state index contributed by atoms with van der Waals surface area (Å²) < 4.78 is 17.2. The third kappa shape index (κ3) is 32.7. The molecule has 292 valence electrons. The molecule has 0 saturated carbocycles. The number of quaternary nitrogens is 1. The maximum absolute atomic E-state index is 12.7. The van der Waals surface area contributed by atoms with E-state index in [1.165, 1.54) is 44.9 Å². The van der Waals surface area contributed by atoms with Gasteiger partial charge in [-0.3, -0.25) is 9.59 Å². The van der Waals surface area contributed by atoms with Crippen molar-refractivity contribution < 1.29 is 38.2 Å². The van der Waals surface area contributed by atoms with Crippen molar-refractivity contribution in [1.82, 2.24) is 0 Å². The highest BCUT2D eigenvalue weighted by Crippen LogP contribution is 2.13. The molecule has 0 rings (SSSR count). The van der Waals surface area contributed by atoms with Gasteiger partial charge in [0.2, 0.25) is 0 Å². The van der Waals surface area contributed by atoms with Gasteiger partial charge in [0.05, 0.1) is 34.4 Å². The summed E-state index contributed by atoms with van der Waals surface area (Å²) in [6.45, 7) is 4.58. The van der Waals surface area contributed by atoms with Crippen LogP contribution in [0.15, 0.2) is 60.8 Å². The van der Waals surface area contributed by atoms with E-state index in [1.54, 1.807) is 0 Å². The summed E-state index contributed by atoms with van der Waals surface area (Å²) in [4.78, 5) is 36.8. The summed E-state index contributed by atoms with van der Waals surface area (Å²) in [5, 5.41) is 9.58. The smallest absolute Gasteiger partial charge is 0.362 e. The lowest BCUT2D eigenvalue weighted by molar-refractivity contribution is -0.887. The standard InChI is InChI=1S/C43H73NO7/c1-6-8-10-12-14-16-17-18-19-20-21-22-23-24-26-28-30-32-34-42(46)51-39(37-49-36-35-40(43(47)48)44(3,4)5)38-50-41(45)33-31-29-27-25-15-13-11-9-7-2/h10,12,14,16-22,39-40H,6-9,11,13,15,23-38H2,1-5H3/p+1/b12-10+,16-14+,18-17+,20-19+,22-21+. The van der Waals surface area contributed by atoms with Gasteiger partial charge in [0.25, 0.3) is 0 Å². The second kappa shape index (κ2) is 34.1. The van der Waals surface area contributed by atoms with Gasteiger partial charge >= 0.3 is 17.9 Å². The van der Waals surface area contributed by atoms with Crippen molar-refractivity contribution in [2.75, 3.05) is 41.0 Å². The fraction of sp³-hybridized carbons (Fsp3) is 0.698. The van der Waals surface area contributed by atoms with E-state index in [0.29, 0.717) is 19.3 Å². The van der Waals surface area contributed by atoms with Crippen LogP contribution in [-0.2, 0) is 28.6 Å². The molecule has 0 aromatic rings. The average Bonchev–Trinajstić information content (AvgIpc) is 3.08. The molecule has 0 aliphatic carbocycles. The Morgan fingerprint density at radius 3 is 1.61 bits per heavy atom. The highest BCUT2D eigenvalue weighted by Gasteiger charge is 2.31. The van der Waals surface area contributed by atoms with E-state index < -0.39 is 18.1 Å². The number of unbranched alkanes of at least 4 members (excludes halogenated alkanes) is 14. The molecule has 0 heterocycles. The molecule has 0 bridgehead atoms. The highest BCUT2D eigenvalue weighted by molar-refractivity contribution is 5.72. The van der Waals surface area contributed by atoms with Crippen LogP contribution in [0.1, 0.15) is 142 Å². The monoisotopic (exact) mass is 717 g/mol. The molecule has 2 unspecified atom stereocenters. The third-order valence-electron chi connectivity index (χ3n) is 8.53. The molecule has 8 heteroatoms.